The van der Waals surface area contributed by atoms with Crippen LogP contribution in [0.1, 0.15) is 4.88 Å². The van der Waals surface area contributed by atoms with Gasteiger partial charge >= 0.3 is 0 Å². The SMILES string of the molecule is O=C1N=c2ccc(Br)cc2=C1c1sc(NS(=O)(=O)c2ccccc2)nc1O. The molecular formula is C17H10BrN3O4S2. The Hall–Kier alpha value is -2.56. The maximum absolute atomic E-state index is 12.4. The molecule has 2 N–H and O–H groups in total. The van der Waals surface area contributed by atoms with Gasteiger partial charge in [0.05, 0.1) is 15.8 Å². The molecule has 0 saturated carbocycles. The van der Waals surface area contributed by atoms with Crippen LogP contribution in [0.4, 0.5) is 5.13 Å². The van der Waals surface area contributed by atoms with Gasteiger partial charge in [-0.25, -0.2) is 13.4 Å². The summed E-state index contributed by atoms with van der Waals surface area (Å²) in [5.41, 5.74) is 0.187. The van der Waals surface area contributed by atoms with E-state index in [2.05, 4.69) is 30.6 Å². The number of carbonyl (C=O) groups excluding carboxylic acids is 1. The van der Waals surface area contributed by atoms with Gasteiger partial charge in [-0.15, -0.1) is 0 Å². The average molecular weight is 464 g/mol. The number of aromatic hydroxyl groups is 1. The first kappa shape index (κ1) is 17.8. The van der Waals surface area contributed by atoms with Gasteiger partial charge in [0, 0.05) is 9.69 Å². The van der Waals surface area contributed by atoms with E-state index in [0.717, 1.165) is 15.8 Å². The molecule has 0 spiro atoms. The molecule has 4 rings (SSSR count). The van der Waals surface area contributed by atoms with Gasteiger partial charge in [0.15, 0.2) is 0 Å². The number of benzene rings is 2. The molecule has 7 nitrogen and oxygen atoms in total. The predicted octanol–water partition coefficient (Wildman–Crippen LogP) is 1.77. The normalized spacial score (nSPS) is 13.4. The number of halogens is 1. The van der Waals surface area contributed by atoms with Gasteiger partial charge in [-0.05, 0) is 30.3 Å². The fraction of sp³-hybridized carbons (Fsp3) is 0. The molecule has 2 aromatic carbocycles. The number of rotatable bonds is 4. The first-order valence-electron chi connectivity index (χ1n) is 7.56. The lowest BCUT2D eigenvalue weighted by Crippen LogP contribution is -2.22. The van der Waals surface area contributed by atoms with E-state index in [1.165, 1.54) is 12.1 Å². The summed E-state index contributed by atoms with van der Waals surface area (Å²) in [6, 6.07) is 12.9. The molecule has 0 bridgehead atoms. The second-order valence-electron chi connectivity index (χ2n) is 5.54. The summed E-state index contributed by atoms with van der Waals surface area (Å²) in [6.07, 6.45) is 0. The minimum absolute atomic E-state index is 0.0462. The number of hydrogen-bond donors (Lipinski definition) is 2. The molecule has 136 valence electrons. The standard InChI is InChI=1S/C17H10BrN3O4S2/c18-9-6-7-12-11(8-9)13(15(22)19-12)14-16(23)20-17(26-14)21-27(24,25)10-4-2-1-3-5-10/h1-8,23H,(H,20,21). The Morgan fingerprint density at radius 1 is 1.11 bits per heavy atom. The number of anilines is 1. The van der Waals surface area contributed by atoms with E-state index < -0.39 is 21.8 Å². The van der Waals surface area contributed by atoms with Crippen LogP contribution in [0.3, 0.4) is 0 Å². The number of thiazole rings is 1. The van der Waals surface area contributed by atoms with E-state index in [9.17, 15) is 18.3 Å². The van der Waals surface area contributed by atoms with E-state index in [4.69, 9.17) is 0 Å². The highest BCUT2D eigenvalue weighted by Crippen LogP contribution is 2.35. The topological polar surface area (TPSA) is 109 Å². The molecule has 0 unspecified atom stereocenters. The minimum Gasteiger partial charge on any atom is -0.492 e. The first-order chi connectivity index (χ1) is 12.8. The molecule has 1 aliphatic rings. The van der Waals surface area contributed by atoms with Gasteiger partial charge in [0.25, 0.3) is 15.9 Å². The molecule has 1 amide bonds. The fourth-order valence-corrected chi connectivity index (χ4v) is 5.13. The van der Waals surface area contributed by atoms with Crippen molar-refractivity contribution in [2.45, 2.75) is 4.90 Å². The summed E-state index contributed by atoms with van der Waals surface area (Å²) in [5, 5.41) is 11.2. The highest BCUT2D eigenvalue weighted by Gasteiger charge is 2.26. The monoisotopic (exact) mass is 463 g/mol. The second kappa shape index (κ2) is 6.55. The molecule has 0 fully saturated rings. The average Bonchev–Trinajstić information content (AvgIpc) is 3.13. The van der Waals surface area contributed by atoms with Crippen molar-refractivity contribution in [3.05, 3.63) is 68.5 Å². The van der Waals surface area contributed by atoms with Crippen molar-refractivity contribution in [1.82, 2.24) is 4.98 Å². The molecule has 1 aliphatic heterocycles. The lowest BCUT2D eigenvalue weighted by Gasteiger charge is -2.03. The Kier molecular flexibility index (Phi) is 4.33. The van der Waals surface area contributed by atoms with Crippen LogP contribution < -0.4 is 15.3 Å². The zero-order chi connectivity index (χ0) is 19.2. The summed E-state index contributed by atoms with van der Waals surface area (Å²) in [6.45, 7) is 0. The van der Waals surface area contributed by atoms with Gasteiger partial charge in [0.1, 0.15) is 4.88 Å². The molecule has 0 atom stereocenters. The molecule has 0 radical (unpaired) electrons. The molecule has 0 aliphatic carbocycles. The Bertz CT molecular complexity index is 1300. The van der Waals surface area contributed by atoms with E-state index in [-0.39, 0.29) is 20.5 Å². The van der Waals surface area contributed by atoms with Crippen LogP contribution in [0.15, 0.2) is 62.9 Å². The van der Waals surface area contributed by atoms with Crippen molar-refractivity contribution < 1.29 is 18.3 Å². The lowest BCUT2D eigenvalue weighted by atomic mass is 10.1. The molecule has 0 saturated heterocycles. The largest absolute Gasteiger partial charge is 0.492 e. The Balaban J connectivity index is 1.79. The number of sulfonamides is 1. The first-order valence-corrected chi connectivity index (χ1v) is 10.7. The molecule has 1 aromatic heterocycles. The van der Waals surface area contributed by atoms with Crippen LogP contribution in [0, 0.1) is 0 Å². The van der Waals surface area contributed by atoms with E-state index in [1.54, 1.807) is 36.4 Å². The summed E-state index contributed by atoms with van der Waals surface area (Å²) < 4.78 is 27.9. The van der Waals surface area contributed by atoms with Crippen LogP contribution >= 0.6 is 27.3 Å². The number of amides is 1. The summed E-state index contributed by atoms with van der Waals surface area (Å²) in [5.74, 6) is -0.948. The van der Waals surface area contributed by atoms with Crippen molar-refractivity contribution in [2.75, 3.05) is 4.72 Å². The van der Waals surface area contributed by atoms with Crippen LogP contribution in [0.25, 0.3) is 5.57 Å². The molecule has 2 heterocycles. The number of hydrogen-bond acceptors (Lipinski definition) is 6. The number of nitrogens with zero attached hydrogens (tertiary/aromatic N) is 2. The second-order valence-corrected chi connectivity index (χ2v) is 9.14. The van der Waals surface area contributed by atoms with Crippen molar-refractivity contribution in [2.24, 2.45) is 4.99 Å². The minimum atomic E-state index is -3.86. The van der Waals surface area contributed by atoms with Gasteiger partial charge in [-0.2, -0.15) is 4.98 Å². The summed E-state index contributed by atoms with van der Waals surface area (Å²) >= 11 is 4.21. The van der Waals surface area contributed by atoms with E-state index >= 15 is 0 Å². The zero-order valence-electron chi connectivity index (χ0n) is 13.4. The van der Waals surface area contributed by atoms with E-state index in [1.807, 2.05) is 0 Å². The molecule has 10 heteroatoms. The quantitative estimate of drug-likeness (QED) is 0.612. The fourth-order valence-electron chi connectivity index (χ4n) is 2.60. The van der Waals surface area contributed by atoms with Gasteiger partial charge in [-0.1, -0.05) is 45.5 Å². The van der Waals surface area contributed by atoms with Crippen LogP contribution in [-0.4, -0.2) is 24.4 Å². The highest BCUT2D eigenvalue weighted by molar-refractivity contribution is 9.10. The van der Waals surface area contributed by atoms with Gasteiger partial charge in [0.2, 0.25) is 11.0 Å². The smallest absolute Gasteiger partial charge is 0.279 e. The van der Waals surface area contributed by atoms with Crippen molar-refractivity contribution in [3.8, 4) is 5.88 Å². The van der Waals surface area contributed by atoms with Crippen molar-refractivity contribution >= 4 is 53.9 Å². The lowest BCUT2D eigenvalue weighted by molar-refractivity contribution is -0.112. The molecule has 3 aromatic rings. The van der Waals surface area contributed by atoms with Gasteiger partial charge in [-0.3, -0.25) is 9.52 Å². The third-order valence-corrected chi connectivity index (χ3v) is 6.73. The summed E-state index contributed by atoms with van der Waals surface area (Å²) in [7, 11) is -3.86. The van der Waals surface area contributed by atoms with Crippen molar-refractivity contribution in [1.29, 1.82) is 0 Å². The Morgan fingerprint density at radius 2 is 1.85 bits per heavy atom. The molecular weight excluding hydrogens is 454 g/mol. The van der Waals surface area contributed by atoms with Crippen LogP contribution in [-0.2, 0) is 14.8 Å². The Labute approximate surface area is 165 Å². The maximum atomic E-state index is 12.4. The molecule has 27 heavy (non-hydrogen) atoms. The van der Waals surface area contributed by atoms with Gasteiger partial charge < -0.3 is 5.11 Å². The van der Waals surface area contributed by atoms with Crippen LogP contribution in [0.2, 0.25) is 0 Å². The Morgan fingerprint density at radius 3 is 2.59 bits per heavy atom. The zero-order valence-corrected chi connectivity index (χ0v) is 16.6. The number of fused-ring (bicyclic) bond motifs is 1. The summed E-state index contributed by atoms with van der Waals surface area (Å²) in [4.78, 5) is 20.4. The predicted molar refractivity (Wildman–Crippen MR) is 103 cm³/mol. The van der Waals surface area contributed by atoms with Crippen molar-refractivity contribution in [3.63, 3.8) is 0 Å². The third kappa shape index (κ3) is 3.27. The maximum Gasteiger partial charge on any atom is 0.279 e. The number of nitrogens with one attached hydrogen (secondary N) is 1. The number of carbonyl (C=O) groups is 1. The number of aromatic nitrogens is 1. The highest BCUT2D eigenvalue weighted by atomic mass is 79.9. The third-order valence-electron chi connectivity index (χ3n) is 3.78. The van der Waals surface area contributed by atoms with E-state index in [0.29, 0.717) is 10.6 Å². The van der Waals surface area contributed by atoms with Crippen LogP contribution in [0.5, 0.6) is 5.88 Å².